The number of imide groups is 1. The third-order valence-corrected chi connectivity index (χ3v) is 3.20. The van der Waals surface area contributed by atoms with Crippen LogP contribution < -0.4 is 10.6 Å². The van der Waals surface area contributed by atoms with Gasteiger partial charge in [0.2, 0.25) is 11.8 Å². The highest BCUT2D eigenvalue weighted by Gasteiger charge is 2.43. The Bertz CT molecular complexity index is 481. The van der Waals surface area contributed by atoms with Gasteiger partial charge in [-0.1, -0.05) is 13.8 Å². The van der Waals surface area contributed by atoms with Crippen LogP contribution in [0.2, 0.25) is 0 Å². The van der Waals surface area contributed by atoms with E-state index in [2.05, 4.69) is 0 Å². The van der Waals surface area contributed by atoms with Gasteiger partial charge in [0.25, 0.3) is 0 Å². The first-order chi connectivity index (χ1) is 7.93. The molecule has 0 radical (unpaired) electrons. The van der Waals surface area contributed by atoms with E-state index in [0.717, 1.165) is 11.0 Å². The molecule has 2 atom stereocenters. The number of amides is 2. The summed E-state index contributed by atoms with van der Waals surface area (Å²) in [5.74, 6) is -1.81. The summed E-state index contributed by atoms with van der Waals surface area (Å²) in [6.45, 7) is 3.40. The Morgan fingerprint density at radius 3 is 2.18 bits per heavy atom. The molecule has 2 unspecified atom stereocenters. The summed E-state index contributed by atoms with van der Waals surface area (Å²) in [6.07, 6.45) is 0. The third kappa shape index (κ3) is 1.67. The largest absolute Gasteiger partial charge is 0.397 e. The van der Waals surface area contributed by atoms with E-state index in [0.29, 0.717) is 0 Å². The zero-order valence-electron chi connectivity index (χ0n) is 9.61. The van der Waals surface area contributed by atoms with Gasteiger partial charge in [-0.15, -0.1) is 0 Å². The van der Waals surface area contributed by atoms with E-state index in [4.69, 9.17) is 5.73 Å². The third-order valence-electron chi connectivity index (χ3n) is 3.20. The van der Waals surface area contributed by atoms with Gasteiger partial charge in [-0.25, -0.2) is 9.29 Å². The molecule has 1 aliphatic rings. The number of rotatable bonds is 1. The van der Waals surface area contributed by atoms with Gasteiger partial charge in [0.15, 0.2) is 0 Å². The lowest BCUT2D eigenvalue weighted by Crippen LogP contribution is -2.31. The molecule has 17 heavy (non-hydrogen) atoms. The predicted octanol–water partition coefficient (Wildman–Crippen LogP) is 1.55. The molecule has 90 valence electrons. The van der Waals surface area contributed by atoms with Gasteiger partial charge in [0.1, 0.15) is 5.82 Å². The number of halogens is 1. The van der Waals surface area contributed by atoms with Crippen molar-refractivity contribution in [2.24, 2.45) is 11.8 Å². The van der Waals surface area contributed by atoms with Crippen LogP contribution in [-0.4, -0.2) is 11.8 Å². The molecule has 0 spiro atoms. The minimum Gasteiger partial charge on any atom is -0.397 e. The van der Waals surface area contributed by atoms with Crippen molar-refractivity contribution in [2.45, 2.75) is 13.8 Å². The average molecular weight is 236 g/mol. The highest BCUT2D eigenvalue weighted by molar-refractivity contribution is 6.22. The number of hydrogen-bond acceptors (Lipinski definition) is 3. The maximum atomic E-state index is 12.9. The summed E-state index contributed by atoms with van der Waals surface area (Å²) in [7, 11) is 0. The van der Waals surface area contributed by atoms with Crippen LogP contribution in [0.15, 0.2) is 18.2 Å². The van der Waals surface area contributed by atoms with Crippen molar-refractivity contribution in [1.29, 1.82) is 0 Å². The molecule has 1 heterocycles. The zero-order chi connectivity index (χ0) is 12.7. The van der Waals surface area contributed by atoms with Crippen LogP contribution >= 0.6 is 0 Å². The minimum atomic E-state index is -0.494. The first kappa shape index (κ1) is 11.6. The van der Waals surface area contributed by atoms with Crippen LogP contribution in [0.3, 0.4) is 0 Å². The van der Waals surface area contributed by atoms with E-state index in [-0.39, 0.29) is 35.0 Å². The Balaban J connectivity index is 2.47. The van der Waals surface area contributed by atoms with E-state index in [1.165, 1.54) is 12.1 Å². The zero-order valence-corrected chi connectivity index (χ0v) is 9.61. The summed E-state index contributed by atoms with van der Waals surface area (Å²) < 4.78 is 12.9. The quantitative estimate of drug-likeness (QED) is 0.594. The Morgan fingerprint density at radius 1 is 1.18 bits per heavy atom. The molecule has 0 saturated carbocycles. The van der Waals surface area contributed by atoms with Crippen molar-refractivity contribution in [3.05, 3.63) is 24.0 Å². The smallest absolute Gasteiger partial charge is 0.237 e. The predicted molar refractivity (Wildman–Crippen MR) is 61.6 cm³/mol. The summed E-state index contributed by atoms with van der Waals surface area (Å²) >= 11 is 0. The first-order valence-corrected chi connectivity index (χ1v) is 5.36. The van der Waals surface area contributed by atoms with Gasteiger partial charge in [-0.2, -0.15) is 0 Å². The molecule has 2 rings (SSSR count). The first-order valence-electron chi connectivity index (χ1n) is 5.36. The Kier molecular flexibility index (Phi) is 2.61. The molecule has 5 heteroatoms. The maximum Gasteiger partial charge on any atom is 0.237 e. The van der Waals surface area contributed by atoms with Crippen molar-refractivity contribution in [3.63, 3.8) is 0 Å². The molecule has 1 aliphatic heterocycles. The summed E-state index contributed by atoms with van der Waals surface area (Å²) in [5.41, 5.74) is 5.98. The fourth-order valence-corrected chi connectivity index (χ4v) is 1.91. The van der Waals surface area contributed by atoms with Gasteiger partial charge in [-0.05, 0) is 18.2 Å². The van der Waals surface area contributed by atoms with Gasteiger partial charge >= 0.3 is 0 Å². The maximum absolute atomic E-state index is 12.9. The number of anilines is 2. The van der Waals surface area contributed by atoms with Crippen LogP contribution in [0.1, 0.15) is 13.8 Å². The number of nitrogen functional groups attached to an aromatic ring is 1. The van der Waals surface area contributed by atoms with E-state index >= 15 is 0 Å². The molecular formula is C12H13FN2O2. The van der Waals surface area contributed by atoms with Gasteiger partial charge in [0, 0.05) is 11.8 Å². The molecule has 1 aromatic rings. The standard InChI is InChI=1S/C12H13FN2O2/c1-6-7(2)12(17)15(11(6)16)10-4-3-8(13)5-9(10)14/h3-7H,14H2,1-2H3. The van der Waals surface area contributed by atoms with E-state index in [9.17, 15) is 14.0 Å². The molecule has 1 saturated heterocycles. The molecule has 1 aromatic carbocycles. The monoisotopic (exact) mass is 236 g/mol. The molecule has 4 nitrogen and oxygen atoms in total. The lowest BCUT2D eigenvalue weighted by atomic mass is 10.00. The van der Waals surface area contributed by atoms with Gasteiger partial charge in [0.05, 0.1) is 11.4 Å². The van der Waals surface area contributed by atoms with Crippen molar-refractivity contribution >= 4 is 23.2 Å². The fraction of sp³-hybridized carbons (Fsp3) is 0.333. The summed E-state index contributed by atoms with van der Waals surface area (Å²) in [5, 5.41) is 0. The van der Waals surface area contributed by atoms with Crippen LogP contribution in [0, 0.1) is 17.7 Å². The van der Waals surface area contributed by atoms with Crippen LogP contribution in [-0.2, 0) is 9.59 Å². The Labute approximate surface area is 98.2 Å². The molecule has 0 aliphatic carbocycles. The molecule has 0 aromatic heterocycles. The van der Waals surface area contributed by atoms with Crippen molar-refractivity contribution in [1.82, 2.24) is 0 Å². The summed E-state index contributed by atoms with van der Waals surface area (Å²) in [6, 6.07) is 3.63. The second-order valence-corrected chi connectivity index (χ2v) is 4.29. The Hall–Kier alpha value is -1.91. The van der Waals surface area contributed by atoms with E-state index in [1.807, 2.05) is 0 Å². The number of benzene rings is 1. The van der Waals surface area contributed by atoms with Crippen molar-refractivity contribution < 1.29 is 14.0 Å². The highest BCUT2D eigenvalue weighted by Crippen LogP contribution is 2.33. The molecule has 2 N–H and O–H groups in total. The second-order valence-electron chi connectivity index (χ2n) is 4.29. The molecular weight excluding hydrogens is 223 g/mol. The SMILES string of the molecule is CC1C(=O)N(c2ccc(F)cc2N)C(=O)C1C. The lowest BCUT2D eigenvalue weighted by Gasteiger charge is -2.16. The molecule has 0 bridgehead atoms. The number of carbonyl (C=O) groups is 2. The van der Waals surface area contributed by atoms with Crippen molar-refractivity contribution in [3.8, 4) is 0 Å². The van der Waals surface area contributed by atoms with Gasteiger partial charge < -0.3 is 5.73 Å². The molecule has 1 fully saturated rings. The van der Waals surface area contributed by atoms with E-state index < -0.39 is 5.82 Å². The lowest BCUT2D eigenvalue weighted by molar-refractivity contribution is -0.122. The van der Waals surface area contributed by atoms with E-state index in [1.54, 1.807) is 13.8 Å². The highest BCUT2D eigenvalue weighted by atomic mass is 19.1. The average Bonchev–Trinajstić information content (AvgIpc) is 2.45. The van der Waals surface area contributed by atoms with Crippen molar-refractivity contribution in [2.75, 3.05) is 10.6 Å². The van der Waals surface area contributed by atoms with Crippen LogP contribution in [0.4, 0.5) is 15.8 Å². The van der Waals surface area contributed by atoms with Gasteiger partial charge in [-0.3, -0.25) is 9.59 Å². The Morgan fingerprint density at radius 2 is 1.71 bits per heavy atom. The number of nitrogens with zero attached hydrogens (tertiary/aromatic N) is 1. The number of nitrogens with two attached hydrogens (primary N) is 1. The summed E-state index contributed by atoms with van der Waals surface area (Å²) in [4.78, 5) is 24.9. The number of carbonyl (C=O) groups excluding carboxylic acids is 2. The molecule has 2 amide bonds. The fourth-order valence-electron chi connectivity index (χ4n) is 1.91. The topological polar surface area (TPSA) is 63.4 Å². The van der Waals surface area contributed by atoms with Crippen LogP contribution in [0.25, 0.3) is 0 Å². The number of hydrogen-bond donors (Lipinski definition) is 1. The normalized spacial score (nSPS) is 24.5. The second kappa shape index (κ2) is 3.84. The van der Waals surface area contributed by atoms with Crippen LogP contribution in [0.5, 0.6) is 0 Å². The minimum absolute atomic E-state index is 0.0907.